The van der Waals surface area contributed by atoms with Crippen LogP contribution < -0.4 is 9.80 Å². The minimum absolute atomic E-state index is 0.128. The van der Waals surface area contributed by atoms with Crippen molar-refractivity contribution in [3.05, 3.63) is 59.2 Å². The molecular formula is C21H20N2O3S. The number of nitrogens with zero attached hydrogens (tertiary/aromatic N) is 2. The van der Waals surface area contributed by atoms with E-state index in [-0.39, 0.29) is 29.9 Å². The van der Waals surface area contributed by atoms with Crippen LogP contribution in [-0.2, 0) is 19.3 Å². The van der Waals surface area contributed by atoms with E-state index in [0.717, 1.165) is 11.1 Å². The second-order valence-electron chi connectivity index (χ2n) is 6.84. The van der Waals surface area contributed by atoms with Gasteiger partial charge in [0.1, 0.15) is 0 Å². The molecule has 1 saturated heterocycles. The third-order valence-electron chi connectivity index (χ3n) is 5.27. The number of rotatable bonds is 2. The number of imide groups is 1. The summed E-state index contributed by atoms with van der Waals surface area (Å²) in [6.07, 6.45) is 0.221. The van der Waals surface area contributed by atoms with Crippen molar-refractivity contribution in [2.45, 2.75) is 32.1 Å². The van der Waals surface area contributed by atoms with Crippen molar-refractivity contribution in [1.29, 1.82) is 0 Å². The molecule has 27 heavy (non-hydrogen) atoms. The Kier molecular flexibility index (Phi) is 4.11. The molecule has 2 heterocycles. The van der Waals surface area contributed by atoms with Gasteiger partial charge in [-0.15, -0.1) is 11.8 Å². The van der Waals surface area contributed by atoms with Crippen LogP contribution in [0.5, 0.6) is 0 Å². The number of thioether (sulfide) groups is 1. The molecule has 1 unspecified atom stereocenters. The van der Waals surface area contributed by atoms with E-state index in [1.807, 2.05) is 50.2 Å². The molecule has 0 saturated carbocycles. The summed E-state index contributed by atoms with van der Waals surface area (Å²) in [4.78, 5) is 40.6. The van der Waals surface area contributed by atoms with E-state index in [9.17, 15) is 14.4 Å². The molecule has 0 bridgehead atoms. The van der Waals surface area contributed by atoms with Crippen LogP contribution >= 0.6 is 11.8 Å². The first-order valence-corrected chi connectivity index (χ1v) is 9.91. The molecule has 2 aliphatic rings. The summed E-state index contributed by atoms with van der Waals surface area (Å²) in [7, 11) is 0. The Bertz CT molecular complexity index is 987. The zero-order valence-electron chi connectivity index (χ0n) is 15.5. The van der Waals surface area contributed by atoms with Crippen molar-refractivity contribution in [1.82, 2.24) is 0 Å². The molecule has 0 aliphatic carbocycles. The van der Waals surface area contributed by atoms with E-state index in [4.69, 9.17) is 0 Å². The highest BCUT2D eigenvalue weighted by atomic mass is 32.2. The van der Waals surface area contributed by atoms with E-state index >= 15 is 0 Å². The molecule has 4 rings (SSSR count). The van der Waals surface area contributed by atoms with Crippen LogP contribution in [0.15, 0.2) is 42.5 Å². The average Bonchev–Trinajstić information content (AvgIpc) is 3.14. The largest absolute Gasteiger partial charge is 0.283 e. The van der Waals surface area contributed by atoms with Gasteiger partial charge < -0.3 is 0 Å². The summed E-state index contributed by atoms with van der Waals surface area (Å²) in [5.74, 6) is -0.549. The Morgan fingerprint density at radius 3 is 2.56 bits per heavy atom. The van der Waals surface area contributed by atoms with Gasteiger partial charge in [-0.2, -0.15) is 0 Å². The van der Waals surface area contributed by atoms with Gasteiger partial charge >= 0.3 is 0 Å². The van der Waals surface area contributed by atoms with Crippen LogP contribution in [0.1, 0.15) is 30.0 Å². The number of hydrogen-bond donors (Lipinski definition) is 0. The molecule has 1 fully saturated rings. The first-order chi connectivity index (χ1) is 12.9. The number of carbonyl (C=O) groups is 3. The molecule has 0 radical (unpaired) electrons. The minimum atomic E-state index is -1.22. The van der Waals surface area contributed by atoms with Crippen LogP contribution in [-0.4, -0.2) is 23.5 Å². The molecule has 2 aromatic rings. The molecule has 0 N–H and O–H groups in total. The van der Waals surface area contributed by atoms with Crippen molar-refractivity contribution in [3.8, 4) is 0 Å². The summed E-state index contributed by atoms with van der Waals surface area (Å²) in [6.45, 7) is 5.72. The topological polar surface area (TPSA) is 57.7 Å². The van der Waals surface area contributed by atoms with Gasteiger partial charge in [-0.25, -0.2) is 4.90 Å². The normalized spacial score (nSPS) is 21.3. The van der Waals surface area contributed by atoms with Gasteiger partial charge in [0.2, 0.25) is 16.7 Å². The van der Waals surface area contributed by atoms with Crippen molar-refractivity contribution >= 4 is 40.9 Å². The Morgan fingerprint density at radius 1 is 1.11 bits per heavy atom. The third-order valence-corrected chi connectivity index (χ3v) is 6.66. The van der Waals surface area contributed by atoms with Gasteiger partial charge in [0.05, 0.1) is 11.4 Å². The van der Waals surface area contributed by atoms with Crippen molar-refractivity contribution in [3.63, 3.8) is 0 Å². The molecule has 2 aromatic carbocycles. The van der Waals surface area contributed by atoms with Crippen LogP contribution in [0.3, 0.4) is 0 Å². The molecule has 1 spiro atoms. The standard InChI is InChI=1S/C21H20N2O3S/c1-4-18(24)22-17-8-6-5-7-16(17)21(20(22)26)23(19(25)12-27-21)15-10-9-13(2)14(3)11-15/h5-11H,4,12H2,1-3H3. The number of hydrogen-bond acceptors (Lipinski definition) is 4. The Balaban J connectivity index is 1.95. The molecule has 6 heteroatoms. The SMILES string of the molecule is CCC(=O)N1C(=O)C2(SCC(=O)N2c2ccc(C)c(C)c2)c2ccccc21. The number of anilines is 2. The molecular weight excluding hydrogens is 360 g/mol. The number of fused-ring (bicyclic) bond motifs is 2. The second kappa shape index (κ2) is 6.23. The zero-order chi connectivity index (χ0) is 19.3. The van der Waals surface area contributed by atoms with E-state index < -0.39 is 4.87 Å². The summed E-state index contributed by atoms with van der Waals surface area (Å²) >= 11 is 1.29. The number of carbonyl (C=O) groups excluding carboxylic acids is 3. The minimum Gasteiger partial charge on any atom is -0.283 e. The Labute approximate surface area is 162 Å². The Morgan fingerprint density at radius 2 is 1.85 bits per heavy atom. The van der Waals surface area contributed by atoms with E-state index in [2.05, 4.69) is 0 Å². The zero-order valence-corrected chi connectivity index (χ0v) is 16.3. The summed E-state index contributed by atoms with van der Waals surface area (Å²) < 4.78 is 0. The van der Waals surface area contributed by atoms with Gasteiger partial charge in [-0.05, 0) is 43.2 Å². The maximum atomic E-state index is 13.6. The molecule has 2 aliphatic heterocycles. The van der Waals surface area contributed by atoms with Crippen LogP contribution in [0.25, 0.3) is 0 Å². The fourth-order valence-electron chi connectivity index (χ4n) is 3.75. The van der Waals surface area contributed by atoms with Crippen LogP contribution in [0.2, 0.25) is 0 Å². The third kappa shape index (κ3) is 2.36. The smallest absolute Gasteiger partial charge is 0.275 e. The molecule has 3 amide bonds. The highest BCUT2D eigenvalue weighted by Gasteiger charge is 2.62. The van der Waals surface area contributed by atoms with Crippen LogP contribution in [0.4, 0.5) is 11.4 Å². The average molecular weight is 380 g/mol. The molecule has 5 nitrogen and oxygen atoms in total. The predicted octanol–water partition coefficient (Wildman–Crippen LogP) is 3.52. The lowest BCUT2D eigenvalue weighted by Gasteiger charge is -2.33. The van der Waals surface area contributed by atoms with Crippen LogP contribution in [0, 0.1) is 13.8 Å². The molecule has 138 valence electrons. The quantitative estimate of drug-likeness (QED) is 0.800. The molecule has 0 aromatic heterocycles. The molecule has 1 atom stereocenters. The van der Waals surface area contributed by atoms with Gasteiger partial charge in [0.15, 0.2) is 0 Å². The van der Waals surface area contributed by atoms with Gasteiger partial charge in [-0.3, -0.25) is 19.3 Å². The number of amides is 3. The summed E-state index contributed by atoms with van der Waals surface area (Å²) in [6, 6.07) is 13.0. The Hall–Kier alpha value is -2.60. The highest BCUT2D eigenvalue weighted by molar-refractivity contribution is 8.02. The van der Waals surface area contributed by atoms with Gasteiger partial charge in [-0.1, -0.05) is 31.2 Å². The first kappa shape index (κ1) is 17.8. The van der Waals surface area contributed by atoms with E-state index in [1.54, 1.807) is 17.9 Å². The monoisotopic (exact) mass is 380 g/mol. The van der Waals surface area contributed by atoms with E-state index in [1.165, 1.54) is 16.7 Å². The number of benzene rings is 2. The first-order valence-electron chi connectivity index (χ1n) is 8.93. The van der Waals surface area contributed by atoms with E-state index in [0.29, 0.717) is 16.9 Å². The van der Waals surface area contributed by atoms with Crippen molar-refractivity contribution < 1.29 is 14.4 Å². The highest BCUT2D eigenvalue weighted by Crippen LogP contribution is 2.55. The van der Waals surface area contributed by atoms with Crippen molar-refractivity contribution in [2.75, 3.05) is 15.6 Å². The lowest BCUT2D eigenvalue weighted by molar-refractivity contribution is -0.128. The lowest BCUT2D eigenvalue weighted by atomic mass is 10.0. The predicted molar refractivity (Wildman–Crippen MR) is 107 cm³/mol. The maximum Gasteiger partial charge on any atom is 0.275 e. The number of aryl methyl sites for hydroxylation is 2. The summed E-state index contributed by atoms with van der Waals surface area (Å²) in [5, 5.41) is 0. The number of para-hydroxylation sites is 1. The fourth-order valence-corrected chi connectivity index (χ4v) is 5.09. The lowest BCUT2D eigenvalue weighted by Crippen LogP contribution is -2.51. The van der Waals surface area contributed by atoms with Gasteiger partial charge in [0.25, 0.3) is 5.91 Å². The summed E-state index contributed by atoms with van der Waals surface area (Å²) in [5.41, 5.74) is 4.12. The fraction of sp³-hybridized carbons (Fsp3) is 0.286. The van der Waals surface area contributed by atoms with Crippen molar-refractivity contribution in [2.24, 2.45) is 0 Å². The maximum absolute atomic E-state index is 13.6. The second-order valence-corrected chi connectivity index (χ2v) is 8.00. The van der Waals surface area contributed by atoms with Gasteiger partial charge in [0, 0.05) is 17.7 Å².